The molecule has 0 heterocycles. The van der Waals surface area contributed by atoms with Gasteiger partial charge in [0.1, 0.15) is 0 Å². The zero-order valence-electron chi connectivity index (χ0n) is 7.16. The third-order valence-electron chi connectivity index (χ3n) is 1.68. The average Bonchev–Trinajstić information content (AvgIpc) is 2.03. The van der Waals surface area contributed by atoms with Crippen LogP contribution in [0.4, 0.5) is 0 Å². The van der Waals surface area contributed by atoms with Crippen LogP contribution in [0.5, 0.6) is 0 Å². The van der Waals surface area contributed by atoms with E-state index in [1.807, 2.05) is 0 Å². The summed E-state index contributed by atoms with van der Waals surface area (Å²) in [5.41, 5.74) is 4.00. The SMILES string of the molecule is C=CC[C@](N)(C(=O)O)N(N)CC. The third-order valence-corrected chi connectivity index (χ3v) is 1.68. The van der Waals surface area contributed by atoms with Gasteiger partial charge in [-0.15, -0.1) is 6.58 Å². The fourth-order valence-corrected chi connectivity index (χ4v) is 0.830. The van der Waals surface area contributed by atoms with Crippen LogP contribution in [-0.4, -0.2) is 28.3 Å². The van der Waals surface area contributed by atoms with Crippen molar-refractivity contribution >= 4 is 5.97 Å². The van der Waals surface area contributed by atoms with E-state index in [9.17, 15) is 4.79 Å². The summed E-state index contributed by atoms with van der Waals surface area (Å²) in [4.78, 5) is 10.7. The Hall–Kier alpha value is -0.910. The molecule has 1 atom stereocenters. The molecule has 70 valence electrons. The van der Waals surface area contributed by atoms with Crippen LogP contribution in [-0.2, 0) is 4.79 Å². The smallest absolute Gasteiger partial charge is 0.340 e. The maximum Gasteiger partial charge on any atom is 0.340 e. The molecule has 12 heavy (non-hydrogen) atoms. The standard InChI is InChI=1S/C7H15N3O2/c1-3-5-7(8,6(11)12)10(9)4-2/h3H,1,4-5,8-9H2,2H3,(H,11,12)/t7-/m1/s1. The average molecular weight is 173 g/mol. The molecule has 0 aromatic rings. The molecule has 0 rings (SSSR count). The van der Waals surface area contributed by atoms with E-state index in [1.165, 1.54) is 6.08 Å². The van der Waals surface area contributed by atoms with Crippen molar-refractivity contribution < 1.29 is 9.90 Å². The van der Waals surface area contributed by atoms with Gasteiger partial charge in [-0.1, -0.05) is 13.0 Å². The van der Waals surface area contributed by atoms with Gasteiger partial charge in [-0.25, -0.2) is 9.80 Å². The minimum Gasteiger partial charge on any atom is -0.479 e. The van der Waals surface area contributed by atoms with Gasteiger partial charge >= 0.3 is 5.97 Å². The molecule has 5 heteroatoms. The van der Waals surface area contributed by atoms with Crippen molar-refractivity contribution in [2.75, 3.05) is 6.54 Å². The van der Waals surface area contributed by atoms with E-state index in [0.717, 1.165) is 5.01 Å². The molecular weight excluding hydrogens is 158 g/mol. The van der Waals surface area contributed by atoms with Gasteiger partial charge in [0, 0.05) is 13.0 Å². The Kier molecular flexibility index (Phi) is 3.88. The number of rotatable bonds is 5. The first-order valence-corrected chi connectivity index (χ1v) is 3.64. The summed E-state index contributed by atoms with van der Waals surface area (Å²) in [7, 11) is 0. The summed E-state index contributed by atoms with van der Waals surface area (Å²) in [5.74, 6) is 4.27. The van der Waals surface area contributed by atoms with Gasteiger partial charge in [-0.2, -0.15) is 0 Å². The van der Waals surface area contributed by atoms with Crippen LogP contribution in [0.25, 0.3) is 0 Å². The molecule has 0 saturated heterocycles. The summed E-state index contributed by atoms with van der Waals surface area (Å²) >= 11 is 0. The van der Waals surface area contributed by atoms with Crippen molar-refractivity contribution in [3.8, 4) is 0 Å². The number of carboxylic acids is 1. The van der Waals surface area contributed by atoms with Gasteiger partial charge in [0.15, 0.2) is 5.66 Å². The number of nitrogens with zero attached hydrogens (tertiary/aromatic N) is 1. The van der Waals surface area contributed by atoms with E-state index in [2.05, 4.69) is 6.58 Å². The van der Waals surface area contributed by atoms with Crippen LogP contribution in [0.15, 0.2) is 12.7 Å². The van der Waals surface area contributed by atoms with Crippen LogP contribution in [0.1, 0.15) is 13.3 Å². The maximum absolute atomic E-state index is 10.7. The van der Waals surface area contributed by atoms with E-state index in [4.69, 9.17) is 16.7 Å². The fourth-order valence-electron chi connectivity index (χ4n) is 0.830. The minimum atomic E-state index is -1.53. The van der Waals surface area contributed by atoms with Crippen LogP contribution >= 0.6 is 0 Å². The predicted molar refractivity (Wildman–Crippen MR) is 45.9 cm³/mol. The second-order valence-electron chi connectivity index (χ2n) is 2.51. The van der Waals surface area contributed by atoms with Crippen molar-refractivity contribution in [3.63, 3.8) is 0 Å². The molecule has 0 saturated carbocycles. The first-order chi connectivity index (χ1) is 5.49. The van der Waals surface area contributed by atoms with Gasteiger partial charge in [-0.3, -0.25) is 5.84 Å². The number of carbonyl (C=O) groups is 1. The first-order valence-electron chi connectivity index (χ1n) is 3.64. The Bertz CT molecular complexity index is 183. The first kappa shape index (κ1) is 11.1. The van der Waals surface area contributed by atoms with Crippen molar-refractivity contribution in [3.05, 3.63) is 12.7 Å². The normalized spacial score (nSPS) is 15.7. The number of nitrogens with two attached hydrogens (primary N) is 2. The number of hydrogen-bond acceptors (Lipinski definition) is 4. The van der Waals surface area contributed by atoms with E-state index in [1.54, 1.807) is 6.92 Å². The molecule has 0 aliphatic carbocycles. The molecule has 5 N–H and O–H groups in total. The molecule has 0 aromatic heterocycles. The quantitative estimate of drug-likeness (QED) is 0.225. The van der Waals surface area contributed by atoms with E-state index < -0.39 is 11.6 Å². The molecule has 0 aliphatic heterocycles. The van der Waals surface area contributed by atoms with Crippen LogP contribution < -0.4 is 11.6 Å². The monoisotopic (exact) mass is 173 g/mol. The Morgan fingerprint density at radius 1 is 1.83 bits per heavy atom. The van der Waals surface area contributed by atoms with Crippen molar-refractivity contribution in [2.45, 2.75) is 19.0 Å². The van der Waals surface area contributed by atoms with Gasteiger partial charge in [-0.05, 0) is 0 Å². The second-order valence-corrected chi connectivity index (χ2v) is 2.51. The van der Waals surface area contributed by atoms with Gasteiger partial charge in [0.05, 0.1) is 0 Å². The van der Waals surface area contributed by atoms with E-state index in [0.29, 0.717) is 6.54 Å². The van der Waals surface area contributed by atoms with Gasteiger partial charge in [0.2, 0.25) is 0 Å². The lowest BCUT2D eigenvalue weighted by Gasteiger charge is -2.32. The zero-order valence-corrected chi connectivity index (χ0v) is 7.16. The molecule has 0 spiro atoms. The Balaban J connectivity index is 4.59. The molecule has 0 aromatic carbocycles. The van der Waals surface area contributed by atoms with E-state index in [-0.39, 0.29) is 6.42 Å². The summed E-state index contributed by atoms with van der Waals surface area (Å²) in [6.07, 6.45) is 1.55. The highest BCUT2D eigenvalue weighted by Crippen LogP contribution is 2.10. The lowest BCUT2D eigenvalue weighted by atomic mass is 10.1. The Labute approximate surface area is 71.6 Å². The minimum absolute atomic E-state index is 0.118. The molecule has 0 aliphatic rings. The Morgan fingerprint density at radius 3 is 2.58 bits per heavy atom. The highest BCUT2D eigenvalue weighted by Gasteiger charge is 2.36. The number of hydrazine groups is 1. The number of hydrogen-bond donors (Lipinski definition) is 3. The summed E-state index contributed by atoms with van der Waals surface area (Å²) in [5, 5.41) is 9.85. The van der Waals surface area contributed by atoms with Crippen molar-refractivity contribution in [2.24, 2.45) is 11.6 Å². The number of carboxylic acid groups (broad SMARTS) is 1. The lowest BCUT2D eigenvalue weighted by Crippen LogP contribution is -2.64. The van der Waals surface area contributed by atoms with Crippen molar-refractivity contribution in [1.29, 1.82) is 0 Å². The topological polar surface area (TPSA) is 92.6 Å². The number of aliphatic carboxylic acids is 1. The molecule has 0 bridgehead atoms. The highest BCUT2D eigenvalue weighted by molar-refractivity contribution is 5.78. The maximum atomic E-state index is 10.7. The van der Waals surface area contributed by atoms with Crippen LogP contribution in [0, 0.1) is 0 Å². The highest BCUT2D eigenvalue weighted by atomic mass is 16.4. The molecule has 0 radical (unpaired) electrons. The predicted octanol–water partition coefficient (Wildman–Crippen LogP) is -0.502. The summed E-state index contributed by atoms with van der Waals surface area (Å²) < 4.78 is 0. The molecule has 0 fully saturated rings. The second kappa shape index (κ2) is 4.20. The zero-order chi connectivity index (χ0) is 9.78. The Morgan fingerprint density at radius 2 is 2.33 bits per heavy atom. The van der Waals surface area contributed by atoms with Crippen LogP contribution in [0.2, 0.25) is 0 Å². The van der Waals surface area contributed by atoms with Gasteiger partial charge < -0.3 is 10.8 Å². The third kappa shape index (κ3) is 2.04. The fraction of sp³-hybridized carbons (Fsp3) is 0.571. The molecular formula is C7H15N3O2. The molecule has 0 unspecified atom stereocenters. The summed E-state index contributed by atoms with van der Waals surface area (Å²) in [6.45, 7) is 5.52. The van der Waals surface area contributed by atoms with E-state index >= 15 is 0 Å². The van der Waals surface area contributed by atoms with Gasteiger partial charge in [0.25, 0.3) is 0 Å². The number of likely N-dealkylation sites (N-methyl/N-ethyl adjacent to an activating group) is 1. The van der Waals surface area contributed by atoms with Crippen molar-refractivity contribution in [1.82, 2.24) is 5.01 Å². The summed E-state index contributed by atoms with van der Waals surface area (Å²) in [6, 6.07) is 0. The lowest BCUT2D eigenvalue weighted by molar-refractivity contribution is -0.151. The molecule has 0 amide bonds. The molecule has 5 nitrogen and oxygen atoms in total. The van der Waals surface area contributed by atoms with Crippen LogP contribution in [0.3, 0.4) is 0 Å². The largest absolute Gasteiger partial charge is 0.479 e.